The maximum Gasteiger partial charge on any atom is 0.199 e. The van der Waals surface area contributed by atoms with Gasteiger partial charge in [-0.1, -0.05) is 85.3 Å². The molecule has 0 amide bonds. The molecule has 0 radical (unpaired) electrons. The van der Waals surface area contributed by atoms with Crippen LogP contribution in [0.25, 0.3) is 0 Å². The van der Waals surface area contributed by atoms with E-state index in [1.54, 1.807) is 0 Å². The van der Waals surface area contributed by atoms with E-state index >= 15 is 0 Å². The van der Waals surface area contributed by atoms with Crippen molar-refractivity contribution in [2.45, 2.75) is 98.7 Å². The first-order valence-corrected chi connectivity index (χ1v) is 11.2. The first-order chi connectivity index (χ1) is 12.8. The summed E-state index contributed by atoms with van der Waals surface area (Å²) >= 11 is 0. The van der Waals surface area contributed by atoms with Crippen LogP contribution in [-0.2, 0) is 11.2 Å². The van der Waals surface area contributed by atoms with Crippen molar-refractivity contribution >= 4 is 0 Å². The van der Waals surface area contributed by atoms with Crippen LogP contribution in [0.5, 0.6) is 5.75 Å². The van der Waals surface area contributed by atoms with Crippen molar-refractivity contribution in [1.29, 1.82) is 0 Å². The number of ether oxygens (including phenoxy) is 2. The Morgan fingerprint density at radius 1 is 1.00 bits per heavy atom. The summed E-state index contributed by atoms with van der Waals surface area (Å²) in [5.74, 6) is 2.39. The van der Waals surface area contributed by atoms with E-state index < -0.39 is 0 Å². The SMILES string of the molecule is CC(C)COC(CCCC1CCCCC1)Oc1ccc(CC(C)(C)C)cc1. The van der Waals surface area contributed by atoms with Gasteiger partial charge in [0.1, 0.15) is 5.75 Å². The Labute approximate surface area is 168 Å². The van der Waals surface area contributed by atoms with E-state index in [1.807, 2.05) is 0 Å². The van der Waals surface area contributed by atoms with E-state index in [0.29, 0.717) is 11.3 Å². The lowest BCUT2D eigenvalue weighted by molar-refractivity contribution is -0.0941. The standard InChI is InChI=1S/C25H42O2/c1-20(2)19-26-24(13-9-12-21-10-7-6-8-11-21)27-23-16-14-22(15-17-23)18-25(3,4)5/h14-17,20-21,24H,6-13,18-19H2,1-5H3. The monoisotopic (exact) mass is 374 g/mol. The van der Waals surface area contributed by atoms with Gasteiger partial charge in [-0.25, -0.2) is 0 Å². The molecule has 1 atom stereocenters. The molecule has 1 aromatic rings. The highest BCUT2D eigenvalue weighted by atomic mass is 16.7. The summed E-state index contributed by atoms with van der Waals surface area (Å²) in [5, 5.41) is 0. The molecule has 1 saturated carbocycles. The molecule has 0 N–H and O–H groups in total. The molecule has 154 valence electrons. The summed E-state index contributed by atoms with van der Waals surface area (Å²) in [6.45, 7) is 12.0. The zero-order valence-corrected chi connectivity index (χ0v) is 18.4. The van der Waals surface area contributed by atoms with E-state index in [1.165, 1.54) is 50.5 Å². The van der Waals surface area contributed by atoms with Crippen molar-refractivity contribution in [2.75, 3.05) is 6.61 Å². The fourth-order valence-electron chi connectivity index (χ4n) is 3.98. The van der Waals surface area contributed by atoms with Gasteiger partial charge in [0.25, 0.3) is 0 Å². The Hall–Kier alpha value is -1.02. The van der Waals surface area contributed by atoms with Gasteiger partial charge in [0.15, 0.2) is 6.29 Å². The molecule has 1 fully saturated rings. The minimum atomic E-state index is -0.121. The van der Waals surface area contributed by atoms with Crippen molar-refractivity contribution in [3.8, 4) is 5.75 Å². The summed E-state index contributed by atoms with van der Waals surface area (Å²) in [4.78, 5) is 0. The second-order valence-electron chi connectivity index (χ2n) is 10.1. The van der Waals surface area contributed by atoms with Crippen LogP contribution in [0, 0.1) is 17.3 Å². The molecular weight excluding hydrogens is 332 g/mol. The van der Waals surface area contributed by atoms with Crippen molar-refractivity contribution in [1.82, 2.24) is 0 Å². The van der Waals surface area contributed by atoms with Gasteiger partial charge < -0.3 is 9.47 Å². The van der Waals surface area contributed by atoms with E-state index in [0.717, 1.165) is 31.1 Å². The topological polar surface area (TPSA) is 18.5 Å². The summed E-state index contributed by atoms with van der Waals surface area (Å²) in [5.41, 5.74) is 1.68. The third-order valence-corrected chi connectivity index (χ3v) is 5.32. The lowest BCUT2D eigenvalue weighted by Crippen LogP contribution is -2.23. The molecule has 27 heavy (non-hydrogen) atoms. The second kappa shape index (κ2) is 11.1. The van der Waals surface area contributed by atoms with Gasteiger partial charge >= 0.3 is 0 Å². The Kier molecular flexibility index (Phi) is 9.15. The fraction of sp³-hybridized carbons (Fsp3) is 0.760. The smallest absolute Gasteiger partial charge is 0.199 e. The highest BCUT2D eigenvalue weighted by molar-refractivity contribution is 5.27. The van der Waals surface area contributed by atoms with Crippen molar-refractivity contribution < 1.29 is 9.47 Å². The third-order valence-electron chi connectivity index (χ3n) is 5.32. The predicted molar refractivity (Wildman–Crippen MR) is 115 cm³/mol. The molecule has 0 aromatic heterocycles. The van der Waals surface area contributed by atoms with Crippen molar-refractivity contribution in [2.24, 2.45) is 17.3 Å². The van der Waals surface area contributed by atoms with E-state index in [-0.39, 0.29) is 6.29 Å². The van der Waals surface area contributed by atoms with Gasteiger partial charge in [-0.2, -0.15) is 0 Å². The number of hydrogen-bond donors (Lipinski definition) is 0. The van der Waals surface area contributed by atoms with Crippen LogP contribution in [-0.4, -0.2) is 12.9 Å². The molecule has 1 aliphatic carbocycles. The van der Waals surface area contributed by atoms with E-state index in [2.05, 4.69) is 58.9 Å². The zero-order valence-electron chi connectivity index (χ0n) is 18.4. The predicted octanol–water partition coefficient (Wildman–Crippen LogP) is 7.40. The molecule has 0 heterocycles. The minimum Gasteiger partial charge on any atom is -0.465 e. The average molecular weight is 375 g/mol. The lowest BCUT2D eigenvalue weighted by atomic mass is 9.86. The third kappa shape index (κ3) is 9.65. The molecule has 1 aromatic carbocycles. The van der Waals surface area contributed by atoms with Gasteiger partial charge in [-0.05, 0) is 47.8 Å². The maximum atomic E-state index is 6.22. The van der Waals surface area contributed by atoms with Crippen LogP contribution >= 0.6 is 0 Å². The van der Waals surface area contributed by atoms with Crippen LogP contribution in [0.2, 0.25) is 0 Å². The van der Waals surface area contributed by atoms with Crippen LogP contribution in [0.4, 0.5) is 0 Å². The molecule has 2 rings (SSSR count). The van der Waals surface area contributed by atoms with Crippen LogP contribution in [0.15, 0.2) is 24.3 Å². The van der Waals surface area contributed by atoms with Gasteiger partial charge in [0, 0.05) is 6.42 Å². The first-order valence-electron chi connectivity index (χ1n) is 11.2. The largest absolute Gasteiger partial charge is 0.465 e. The zero-order chi connectivity index (χ0) is 19.7. The molecule has 0 bridgehead atoms. The van der Waals surface area contributed by atoms with Gasteiger partial charge in [0.2, 0.25) is 0 Å². The van der Waals surface area contributed by atoms with Crippen molar-refractivity contribution in [3.05, 3.63) is 29.8 Å². The highest BCUT2D eigenvalue weighted by Crippen LogP contribution is 2.29. The van der Waals surface area contributed by atoms with Gasteiger partial charge in [-0.3, -0.25) is 0 Å². The van der Waals surface area contributed by atoms with Crippen LogP contribution < -0.4 is 4.74 Å². The quantitative estimate of drug-likeness (QED) is 0.397. The molecule has 0 aliphatic heterocycles. The van der Waals surface area contributed by atoms with Crippen molar-refractivity contribution in [3.63, 3.8) is 0 Å². The number of benzene rings is 1. The molecule has 0 spiro atoms. The Balaban J connectivity index is 1.84. The van der Waals surface area contributed by atoms with E-state index in [4.69, 9.17) is 9.47 Å². The first kappa shape index (κ1) is 22.3. The molecular formula is C25H42O2. The average Bonchev–Trinajstić information content (AvgIpc) is 2.60. The lowest BCUT2D eigenvalue weighted by Gasteiger charge is -2.24. The number of hydrogen-bond acceptors (Lipinski definition) is 2. The van der Waals surface area contributed by atoms with E-state index in [9.17, 15) is 0 Å². The summed E-state index contributed by atoms with van der Waals surface area (Å²) in [6, 6.07) is 8.60. The second-order valence-corrected chi connectivity index (χ2v) is 10.1. The Morgan fingerprint density at radius 2 is 1.67 bits per heavy atom. The molecule has 1 aliphatic rings. The van der Waals surface area contributed by atoms with Gasteiger partial charge in [-0.15, -0.1) is 0 Å². The summed E-state index contributed by atoms with van der Waals surface area (Å²) in [6.07, 6.45) is 11.6. The molecule has 0 saturated heterocycles. The summed E-state index contributed by atoms with van der Waals surface area (Å²) in [7, 11) is 0. The fourth-order valence-corrected chi connectivity index (χ4v) is 3.98. The Bertz CT molecular complexity index is 506. The van der Waals surface area contributed by atoms with Gasteiger partial charge in [0.05, 0.1) is 6.61 Å². The maximum absolute atomic E-state index is 6.22. The number of rotatable bonds is 10. The van der Waals surface area contributed by atoms with Crippen LogP contribution in [0.3, 0.4) is 0 Å². The normalized spacial score (nSPS) is 17.3. The summed E-state index contributed by atoms with van der Waals surface area (Å²) < 4.78 is 12.3. The van der Waals surface area contributed by atoms with Crippen LogP contribution in [0.1, 0.15) is 91.5 Å². The molecule has 2 nitrogen and oxygen atoms in total. The molecule has 1 unspecified atom stereocenters. The minimum absolute atomic E-state index is 0.121. The highest BCUT2D eigenvalue weighted by Gasteiger charge is 2.17. The molecule has 2 heteroatoms. The Morgan fingerprint density at radius 3 is 2.26 bits per heavy atom.